The van der Waals surface area contributed by atoms with Crippen LogP contribution in [0.15, 0.2) is 34.5 Å². The molecule has 0 rings (SSSR count). The zero-order valence-corrected chi connectivity index (χ0v) is 9.18. The molecule has 2 amide bonds. The molecule has 16 heavy (non-hydrogen) atoms. The first-order valence-electron chi connectivity index (χ1n) is 4.61. The third-order valence-electron chi connectivity index (χ3n) is 1.24. The third-order valence-corrected chi connectivity index (χ3v) is 1.24. The van der Waals surface area contributed by atoms with Gasteiger partial charge in [0.15, 0.2) is 0 Å². The third kappa shape index (κ3) is 7.19. The second kappa shape index (κ2) is 9.32. The molecule has 0 aromatic rings. The minimum absolute atomic E-state index is 0.876. The van der Waals surface area contributed by atoms with Crippen molar-refractivity contribution in [2.45, 2.75) is 13.8 Å². The zero-order valence-electron chi connectivity index (χ0n) is 9.18. The molecule has 0 saturated carbocycles. The van der Waals surface area contributed by atoms with Crippen molar-refractivity contribution in [3.63, 3.8) is 0 Å². The van der Waals surface area contributed by atoms with Crippen LogP contribution >= 0.6 is 0 Å². The van der Waals surface area contributed by atoms with E-state index in [-0.39, 0.29) is 0 Å². The van der Waals surface area contributed by atoms with E-state index < -0.39 is 11.8 Å². The van der Waals surface area contributed by atoms with Crippen molar-refractivity contribution in [3.8, 4) is 0 Å². The highest BCUT2D eigenvalue weighted by Crippen LogP contribution is 1.71. The Hall–Kier alpha value is -2.24. The lowest BCUT2D eigenvalue weighted by Crippen LogP contribution is -2.35. The van der Waals surface area contributed by atoms with E-state index >= 15 is 0 Å². The van der Waals surface area contributed by atoms with Gasteiger partial charge in [-0.25, -0.2) is 10.9 Å². The van der Waals surface area contributed by atoms with Crippen molar-refractivity contribution in [1.29, 1.82) is 0 Å². The van der Waals surface area contributed by atoms with Crippen molar-refractivity contribution < 1.29 is 9.59 Å². The molecule has 0 aliphatic heterocycles. The van der Waals surface area contributed by atoms with E-state index in [9.17, 15) is 9.59 Å². The Morgan fingerprint density at radius 1 is 0.875 bits per heavy atom. The lowest BCUT2D eigenvalue weighted by atomic mass is 10.6. The molecule has 2 N–H and O–H groups in total. The summed E-state index contributed by atoms with van der Waals surface area (Å²) in [6.07, 6.45) is 9.40. The molecule has 0 aliphatic rings. The van der Waals surface area contributed by atoms with E-state index in [1.54, 1.807) is 38.2 Å². The summed E-state index contributed by atoms with van der Waals surface area (Å²) in [5, 5.41) is 6.98. The first-order valence-corrected chi connectivity index (χ1v) is 4.61. The van der Waals surface area contributed by atoms with Gasteiger partial charge in [0.05, 0.1) is 0 Å². The van der Waals surface area contributed by atoms with E-state index in [4.69, 9.17) is 0 Å². The van der Waals surface area contributed by atoms with Gasteiger partial charge in [0.1, 0.15) is 0 Å². The van der Waals surface area contributed by atoms with Gasteiger partial charge in [-0.2, -0.15) is 10.2 Å². The maximum absolute atomic E-state index is 11.0. The van der Waals surface area contributed by atoms with Crippen LogP contribution in [0, 0.1) is 0 Å². The van der Waals surface area contributed by atoms with Gasteiger partial charge < -0.3 is 0 Å². The number of hydrogen-bond acceptors (Lipinski definition) is 4. The van der Waals surface area contributed by atoms with Gasteiger partial charge in [-0.15, -0.1) is 0 Å². The minimum atomic E-state index is -0.876. The fraction of sp³-hybridized carbons (Fsp3) is 0.200. The Labute approximate surface area is 93.8 Å². The molecule has 86 valence electrons. The average molecular weight is 222 g/mol. The molecule has 0 aliphatic carbocycles. The van der Waals surface area contributed by atoms with E-state index in [1.165, 1.54) is 12.4 Å². The Kier molecular flexibility index (Phi) is 8.02. The van der Waals surface area contributed by atoms with Crippen molar-refractivity contribution in [2.24, 2.45) is 10.2 Å². The minimum Gasteiger partial charge on any atom is -0.262 e. The van der Waals surface area contributed by atoms with E-state index in [2.05, 4.69) is 10.2 Å². The molecule has 0 atom stereocenters. The molecular weight excluding hydrogens is 208 g/mol. The fourth-order valence-electron chi connectivity index (χ4n) is 0.552. The highest BCUT2D eigenvalue weighted by atomic mass is 16.2. The largest absolute Gasteiger partial charge is 0.331 e. The van der Waals surface area contributed by atoms with Crippen molar-refractivity contribution >= 4 is 24.2 Å². The quantitative estimate of drug-likeness (QED) is 0.408. The molecule has 0 unspecified atom stereocenters. The summed E-state index contributed by atoms with van der Waals surface area (Å²) < 4.78 is 0. The van der Waals surface area contributed by atoms with Crippen LogP contribution in [-0.2, 0) is 9.59 Å². The van der Waals surface area contributed by atoms with Crippen molar-refractivity contribution in [1.82, 2.24) is 10.9 Å². The summed E-state index contributed by atoms with van der Waals surface area (Å²) in [4.78, 5) is 22.0. The maximum atomic E-state index is 11.0. The molecule has 6 nitrogen and oxygen atoms in total. The van der Waals surface area contributed by atoms with Crippen LogP contribution in [0.4, 0.5) is 0 Å². The molecule has 0 heterocycles. The van der Waals surface area contributed by atoms with E-state index in [0.29, 0.717) is 0 Å². The van der Waals surface area contributed by atoms with Gasteiger partial charge in [0.2, 0.25) is 0 Å². The second-order valence-electron chi connectivity index (χ2n) is 2.49. The number of rotatable bonds is 4. The number of hydrogen-bond donors (Lipinski definition) is 2. The van der Waals surface area contributed by atoms with Gasteiger partial charge in [0.25, 0.3) is 0 Å². The summed E-state index contributed by atoms with van der Waals surface area (Å²) >= 11 is 0. The molecule has 0 spiro atoms. The summed E-state index contributed by atoms with van der Waals surface area (Å²) in [6.45, 7) is 3.60. The summed E-state index contributed by atoms with van der Waals surface area (Å²) in [5.74, 6) is -1.75. The van der Waals surface area contributed by atoms with Gasteiger partial charge >= 0.3 is 11.8 Å². The molecule has 0 aromatic heterocycles. The van der Waals surface area contributed by atoms with E-state index in [1.807, 2.05) is 10.9 Å². The molecule has 0 bridgehead atoms. The predicted octanol–water partition coefficient (Wildman–Crippen LogP) is 0.343. The normalized spacial score (nSPS) is 11.9. The maximum Gasteiger partial charge on any atom is 0.331 e. The second-order valence-corrected chi connectivity index (χ2v) is 2.49. The van der Waals surface area contributed by atoms with Gasteiger partial charge in [-0.3, -0.25) is 9.59 Å². The monoisotopic (exact) mass is 222 g/mol. The number of allylic oxidation sites excluding steroid dienone is 4. The smallest absolute Gasteiger partial charge is 0.262 e. The summed E-state index contributed by atoms with van der Waals surface area (Å²) in [7, 11) is 0. The lowest BCUT2D eigenvalue weighted by Gasteiger charge is -1.96. The number of carbonyl (C=O) groups is 2. The van der Waals surface area contributed by atoms with Crippen LogP contribution in [0.25, 0.3) is 0 Å². The SMILES string of the molecule is C/C=C\C=N\NC(=O)C(=O)N/N=C/C=C\C. The number of amides is 2. The number of nitrogens with zero attached hydrogens (tertiary/aromatic N) is 2. The predicted molar refractivity (Wildman–Crippen MR) is 62.9 cm³/mol. The van der Waals surface area contributed by atoms with Crippen LogP contribution in [0.1, 0.15) is 13.8 Å². The highest BCUT2D eigenvalue weighted by molar-refractivity contribution is 6.35. The zero-order chi connectivity index (χ0) is 12.2. The van der Waals surface area contributed by atoms with Crippen LogP contribution in [0.5, 0.6) is 0 Å². The standard InChI is InChI=1S/C10H14N4O2/c1-3-5-7-11-13-9(15)10(16)14-12-8-6-4-2/h3-8H,1-2H3,(H,13,15)(H,14,16)/b5-3-,6-4-,11-7+,12-8+. The molecule has 0 saturated heterocycles. The lowest BCUT2D eigenvalue weighted by molar-refractivity contribution is -0.139. The summed E-state index contributed by atoms with van der Waals surface area (Å²) in [5.41, 5.74) is 4.07. The van der Waals surface area contributed by atoms with E-state index in [0.717, 1.165) is 0 Å². The molecular formula is C10H14N4O2. The topological polar surface area (TPSA) is 82.9 Å². The molecule has 0 fully saturated rings. The Morgan fingerprint density at radius 2 is 1.25 bits per heavy atom. The molecule has 0 radical (unpaired) electrons. The van der Waals surface area contributed by atoms with Crippen LogP contribution in [-0.4, -0.2) is 24.2 Å². The highest BCUT2D eigenvalue weighted by Gasteiger charge is 2.10. The Bertz CT molecular complexity index is 309. The fourth-order valence-corrected chi connectivity index (χ4v) is 0.552. The number of hydrazone groups is 2. The summed E-state index contributed by atoms with van der Waals surface area (Å²) in [6, 6.07) is 0. The average Bonchev–Trinajstić information content (AvgIpc) is 2.29. The van der Waals surface area contributed by atoms with Crippen LogP contribution in [0.3, 0.4) is 0 Å². The van der Waals surface area contributed by atoms with Gasteiger partial charge in [0, 0.05) is 12.4 Å². The molecule has 6 heteroatoms. The van der Waals surface area contributed by atoms with Gasteiger partial charge in [-0.1, -0.05) is 12.2 Å². The van der Waals surface area contributed by atoms with Crippen LogP contribution in [0.2, 0.25) is 0 Å². The van der Waals surface area contributed by atoms with Crippen molar-refractivity contribution in [2.75, 3.05) is 0 Å². The Balaban J connectivity index is 3.95. The number of nitrogens with one attached hydrogen (secondary N) is 2. The number of carbonyl (C=O) groups excluding carboxylic acids is 2. The van der Waals surface area contributed by atoms with Gasteiger partial charge in [-0.05, 0) is 26.0 Å². The Morgan fingerprint density at radius 3 is 1.56 bits per heavy atom. The van der Waals surface area contributed by atoms with Crippen LogP contribution < -0.4 is 10.9 Å². The first kappa shape index (κ1) is 13.8. The molecule has 0 aromatic carbocycles. The van der Waals surface area contributed by atoms with Crippen molar-refractivity contribution in [3.05, 3.63) is 24.3 Å². The first-order chi connectivity index (χ1) is 7.72.